The van der Waals surface area contributed by atoms with Gasteiger partial charge in [-0.25, -0.2) is 9.50 Å². The van der Waals surface area contributed by atoms with Crippen molar-refractivity contribution in [3.05, 3.63) is 95.4 Å². The third-order valence-electron chi connectivity index (χ3n) is 5.11. The van der Waals surface area contributed by atoms with Gasteiger partial charge >= 0.3 is 0 Å². The van der Waals surface area contributed by atoms with Gasteiger partial charge < -0.3 is 10.2 Å². The summed E-state index contributed by atoms with van der Waals surface area (Å²) in [5.74, 6) is 0.796. The number of rotatable bonds is 6. The van der Waals surface area contributed by atoms with Gasteiger partial charge in [0.2, 0.25) is 0 Å². The van der Waals surface area contributed by atoms with Crippen LogP contribution < -0.4 is 10.2 Å². The number of aromatic amines is 1. The van der Waals surface area contributed by atoms with E-state index in [1.54, 1.807) is 23.0 Å². The Kier molecular flexibility index (Phi) is 7.19. The maximum Gasteiger partial charge on any atom is 0.170 e. The van der Waals surface area contributed by atoms with E-state index in [-0.39, 0.29) is 0 Å². The molecule has 0 atom stereocenters. The predicted molar refractivity (Wildman–Crippen MR) is 136 cm³/mol. The van der Waals surface area contributed by atoms with Crippen molar-refractivity contribution in [1.29, 1.82) is 0 Å². The van der Waals surface area contributed by atoms with Crippen LogP contribution in [0.5, 0.6) is 0 Å². The fourth-order valence-corrected chi connectivity index (χ4v) is 3.60. The van der Waals surface area contributed by atoms with Gasteiger partial charge in [0.25, 0.3) is 0 Å². The Balaban J connectivity index is 0.000000257. The summed E-state index contributed by atoms with van der Waals surface area (Å²) in [6, 6.07) is 21.4. The van der Waals surface area contributed by atoms with E-state index in [2.05, 4.69) is 42.6 Å². The quantitative estimate of drug-likeness (QED) is 0.339. The molecule has 0 radical (unpaired) electrons. The molecule has 3 aromatic heterocycles. The van der Waals surface area contributed by atoms with Gasteiger partial charge in [-0.3, -0.25) is 9.89 Å². The molecule has 172 valence electrons. The lowest BCUT2D eigenvalue weighted by molar-refractivity contribution is 0.111. The average Bonchev–Trinajstić information content (AvgIpc) is 3.54. The van der Waals surface area contributed by atoms with Gasteiger partial charge in [0.15, 0.2) is 11.9 Å². The monoisotopic (exact) mass is 473 g/mol. The number of halogens is 1. The molecule has 0 aliphatic rings. The first-order valence-corrected chi connectivity index (χ1v) is 11.0. The summed E-state index contributed by atoms with van der Waals surface area (Å²) in [6.07, 6.45) is 4.23. The lowest BCUT2D eigenvalue weighted by Gasteiger charge is -2.19. The highest BCUT2D eigenvalue weighted by Crippen LogP contribution is 2.24. The number of carbonyl (C=O) groups is 1. The van der Waals surface area contributed by atoms with Gasteiger partial charge in [-0.05, 0) is 23.8 Å². The molecular formula is C25H24ClN7O. The molecule has 8 nitrogen and oxygen atoms in total. The molecule has 0 aliphatic carbocycles. The van der Waals surface area contributed by atoms with Gasteiger partial charge in [-0.1, -0.05) is 48.0 Å². The third kappa shape index (κ3) is 5.41. The topological polar surface area (TPSA) is 91.2 Å². The number of carbonyl (C=O) groups excluding carboxylic acids is 1. The van der Waals surface area contributed by atoms with E-state index in [1.165, 1.54) is 5.56 Å². The van der Waals surface area contributed by atoms with E-state index in [4.69, 9.17) is 11.6 Å². The minimum Gasteiger partial charge on any atom is -0.388 e. The van der Waals surface area contributed by atoms with E-state index >= 15 is 0 Å². The van der Waals surface area contributed by atoms with Gasteiger partial charge in [-0.15, -0.1) is 0 Å². The second-order valence-corrected chi connectivity index (χ2v) is 7.98. The zero-order valence-electron chi connectivity index (χ0n) is 18.8. The number of nitrogens with zero attached hydrogens (tertiary/aromatic N) is 5. The van der Waals surface area contributed by atoms with Gasteiger partial charge in [0.1, 0.15) is 11.5 Å². The molecule has 0 amide bonds. The number of benzene rings is 2. The molecule has 3 heterocycles. The minimum atomic E-state index is 0.347. The molecule has 0 saturated carbocycles. The summed E-state index contributed by atoms with van der Waals surface area (Å²) in [6.45, 7) is 0.726. The van der Waals surface area contributed by atoms with Crippen LogP contribution in [0.1, 0.15) is 16.1 Å². The molecule has 2 N–H and O–H groups in total. The molecule has 9 heteroatoms. The molecule has 34 heavy (non-hydrogen) atoms. The first kappa shape index (κ1) is 23.0. The Bertz CT molecular complexity index is 1370. The summed E-state index contributed by atoms with van der Waals surface area (Å²) in [7, 11) is 3.85. The predicted octanol–water partition coefficient (Wildman–Crippen LogP) is 4.95. The second kappa shape index (κ2) is 10.6. The van der Waals surface area contributed by atoms with Crippen LogP contribution in [0.4, 0.5) is 11.5 Å². The Morgan fingerprint density at radius 3 is 2.59 bits per heavy atom. The van der Waals surface area contributed by atoms with Crippen molar-refractivity contribution in [2.24, 2.45) is 0 Å². The fraction of sp³-hybridized carbons (Fsp3) is 0.120. The number of hydrogen-bond donors (Lipinski definition) is 2. The summed E-state index contributed by atoms with van der Waals surface area (Å²) in [5, 5.41) is 14.9. The average molecular weight is 474 g/mol. The van der Waals surface area contributed by atoms with Gasteiger partial charge in [0.05, 0.1) is 11.9 Å². The maximum atomic E-state index is 11.1. The Morgan fingerprint density at radius 2 is 1.94 bits per heavy atom. The second-order valence-electron chi connectivity index (χ2n) is 7.55. The summed E-state index contributed by atoms with van der Waals surface area (Å²) in [5.41, 5.74) is 4.90. The number of fused-ring (bicyclic) bond motifs is 1. The Morgan fingerprint density at radius 1 is 1.12 bits per heavy atom. The lowest BCUT2D eigenvalue weighted by Crippen LogP contribution is -2.18. The maximum absolute atomic E-state index is 11.1. The lowest BCUT2D eigenvalue weighted by atomic mass is 10.2. The first-order chi connectivity index (χ1) is 16.6. The van der Waals surface area contributed by atoms with E-state index in [0.717, 1.165) is 40.6 Å². The molecule has 0 unspecified atom stereocenters. The van der Waals surface area contributed by atoms with Crippen molar-refractivity contribution < 1.29 is 4.79 Å². The molecule has 0 fully saturated rings. The highest BCUT2D eigenvalue weighted by Gasteiger charge is 2.14. The Hall–Kier alpha value is -4.17. The van der Waals surface area contributed by atoms with Gasteiger partial charge in [-0.2, -0.15) is 10.2 Å². The molecule has 2 aromatic carbocycles. The molecular weight excluding hydrogens is 450 g/mol. The van der Waals surface area contributed by atoms with E-state index in [0.29, 0.717) is 11.3 Å². The zero-order valence-corrected chi connectivity index (χ0v) is 19.6. The van der Waals surface area contributed by atoms with E-state index < -0.39 is 0 Å². The van der Waals surface area contributed by atoms with Crippen LogP contribution in [0.15, 0.2) is 79.1 Å². The van der Waals surface area contributed by atoms with Crippen LogP contribution >= 0.6 is 11.6 Å². The number of hydrogen-bond acceptors (Lipinski definition) is 6. The van der Waals surface area contributed by atoms with Gasteiger partial charge in [0, 0.05) is 55.2 Å². The van der Waals surface area contributed by atoms with Crippen molar-refractivity contribution in [2.75, 3.05) is 24.3 Å². The van der Waals surface area contributed by atoms with Crippen LogP contribution in [0.25, 0.3) is 16.9 Å². The van der Waals surface area contributed by atoms with Crippen LogP contribution in [0, 0.1) is 0 Å². The van der Waals surface area contributed by atoms with Crippen LogP contribution in [0.2, 0.25) is 5.02 Å². The van der Waals surface area contributed by atoms with Crippen LogP contribution in [0.3, 0.4) is 0 Å². The molecule has 0 spiro atoms. The number of anilines is 2. The smallest absolute Gasteiger partial charge is 0.170 e. The van der Waals surface area contributed by atoms with Crippen LogP contribution in [-0.4, -0.2) is 45.2 Å². The van der Waals surface area contributed by atoms with E-state index in [1.807, 2.05) is 62.6 Å². The molecule has 0 aliphatic heterocycles. The number of aromatic nitrogens is 5. The van der Waals surface area contributed by atoms with Crippen molar-refractivity contribution in [3.63, 3.8) is 0 Å². The number of aldehydes is 1. The van der Waals surface area contributed by atoms with E-state index in [9.17, 15) is 4.79 Å². The van der Waals surface area contributed by atoms with Crippen molar-refractivity contribution in [2.45, 2.75) is 6.54 Å². The SMILES string of the molecule is CN(Cc1ccccc1)c1cc(-c2cn[nH]c2)n2nc(C=O)cc2n1.CNc1cccc(Cl)c1. The zero-order chi connectivity index (χ0) is 23.9. The standard InChI is InChI=1S/C18H16N6O.C7H8ClN/c1-23(11-13-5-3-2-4-6-13)17-8-16(14-9-19-20-10-14)24-18(21-17)7-15(12-25)22-24;1-9-7-4-2-3-6(8)5-7/h2-10,12H,11H2,1H3,(H,19,20);2-5,9H,1H3. The molecule has 5 aromatic rings. The molecule has 0 saturated heterocycles. The third-order valence-corrected chi connectivity index (χ3v) is 5.35. The highest BCUT2D eigenvalue weighted by atomic mass is 35.5. The van der Waals surface area contributed by atoms with Crippen molar-refractivity contribution in [3.8, 4) is 11.3 Å². The minimum absolute atomic E-state index is 0.347. The van der Waals surface area contributed by atoms with Crippen LogP contribution in [-0.2, 0) is 6.54 Å². The highest BCUT2D eigenvalue weighted by molar-refractivity contribution is 6.30. The molecule has 0 bridgehead atoms. The summed E-state index contributed by atoms with van der Waals surface area (Å²) >= 11 is 5.68. The van der Waals surface area contributed by atoms with Crippen molar-refractivity contribution in [1.82, 2.24) is 24.8 Å². The molecule has 5 rings (SSSR count). The summed E-state index contributed by atoms with van der Waals surface area (Å²) < 4.78 is 1.66. The number of nitrogens with one attached hydrogen (secondary N) is 2. The van der Waals surface area contributed by atoms with Crippen molar-refractivity contribution >= 4 is 35.0 Å². The largest absolute Gasteiger partial charge is 0.388 e. The normalized spacial score (nSPS) is 10.4. The summed E-state index contributed by atoms with van der Waals surface area (Å²) in [4.78, 5) is 17.8. The number of H-pyrrole nitrogens is 1. The fourth-order valence-electron chi connectivity index (χ4n) is 3.41. The first-order valence-electron chi connectivity index (χ1n) is 10.6. The Labute approximate surface area is 202 Å².